The number of carbonyl (C=O) groups is 3. The van der Waals surface area contributed by atoms with Crippen molar-refractivity contribution in [2.75, 3.05) is 13.7 Å². The molecule has 2 N–H and O–H groups in total. The van der Waals surface area contributed by atoms with Gasteiger partial charge in [0.15, 0.2) is 0 Å². The number of hydrogen-bond donors (Lipinski definition) is 2. The van der Waals surface area contributed by atoms with E-state index in [2.05, 4.69) is 5.32 Å². The van der Waals surface area contributed by atoms with Crippen molar-refractivity contribution < 1.29 is 24.2 Å². The molecule has 2 aliphatic rings. The molecule has 0 aliphatic heterocycles. The summed E-state index contributed by atoms with van der Waals surface area (Å²) in [4.78, 5) is 37.6. The highest BCUT2D eigenvalue weighted by atomic mass is 16.5. The number of alkyl carbamates (subject to hydrolysis) is 1. The average molecular weight is 354 g/mol. The summed E-state index contributed by atoms with van der Waals surface area (Å²) >= 11 is 0. The molecule has 0 saturated heterocycles. The lowest BCUT2D eigenvalue weighted by Crippen LogP contribution is -2.52. The van der Waals surface area contributed by atoms with Crippen LogP contribution in [-0.4, -0.2) is 53.7 Å². The SMILES string of the molecule is CCCCOC(=O)N[C@@H](CC1CC1)C(=O)N(C)[C@@H](CC1CC1)C(=O)O. The summed E-state index contributed by atoms with van der Waals surface area (Å²) in [5, 5.41) is 12.1. The fourth-order valence-electron chi connectivity index (χ4n) is 2.89. The summed E-state index contributed by atoms with van der Waals surface area (Å²) < 4.78 is 5.09. The number of nitrogens with one attached hydrogen (secondary N) is 1. The maximum absolute atomic E-state index is 12.8. The summed E-state index contributed by atoms with van der Waals surface area (Å²) in [6.45, 7) is 2.32. The van der Waals surface area contributed by atoms with Crippen molar-refractivity contribution in [1.82, 2.24) is 10.2 Å². The van der Waals surface area contributed by atoms with Crippen LogP contribution in [0.2, 0.25) is 0 Å². The van der Waals surface area contributed by atoms with Crippen LogP contribution >= 0.6 is 0 Å². The molecular weight excluding hydrogens is 324 g/mol. The molecule has 0 aromatic heterocycles. The van der Waals surface area contributed by atoms with Crippen molar-refractivity contribution in [1.29, 1.82) is 0 Å². The van der Waals surface area contributed by atoms with Gasteiger partial charge in [0.2, 0.25) is 5.91 Å². The molecule has 2 atom stereocenters. The number of carboxylic acids is 1. The standard InChI is InChI=1S/C18H30N2O5/c1-3-4-9-25-18(24)19-14(10-12-5-6-12)16(21)20(2)15(17(22)23)11-13-7-8-13/h12-15H,3-11H2,1-2H3,(H,19,24)(H,22,23)/t14-,15-/m0/s1. The second-order valence-electron chi connectivity index (χ2n) is 7.35. The maximum Gasteiger partial charge on any atom is 0.407 e. The number of unbranched alkanes of at least 4 members (excludes halogenated alkanes) is 1. The van der Waals surface area contributed by atoms with Gasteiger partial charge >= 0.3 is 12.1 Å². The summed E-state index contributed by atoms with van der Waals surface area (Å²) in [7, 11) is 1.52. The van der Waals surface area contributed by atoms with Crippen LogP contribution in [0.3, 0.4) is 0 Å². The number of hydrogen-bond acceptors (Lipinski definition) is 4. The quantitative estimate of drug-likeness (QED) is 0.556. The molecule has 25 heavy (non-hydrogen) atoms. The summed E-state index contributed by atoms with van der Waals surface area (Å²) in [6, 6.07) is -1.55. The highest BCUT2D eigenvalue weighted by Gasteiger charge is 2.38. The number of amides is 2. The lowest BCUT2D eigenvalue weighted by Gasteiger charge is -2.29. The topological polar surface area (TPSA) is 95.9 Å². The zero-order valence-corrected chi connectivity index (χ0v) is 15.2. The molecule has 7 heteroatoms. The Hall–Kier alpha value is -1.79. The van der Waals surface area contributed by atoms with E-state index in [1.54, 1.807) is 0 Å². The van der Waals surface area contributed by atoms with Crippen LogP contribution in [0.4, 0.5) is 4.79 Å². The Balaban J connectivity index is 1.94. The summed E-state index contributed by atoms with van der Waals surface area (Å²) in [5.74, 6) is -0.513. The molecule has 0 radical (unpaired) electrons. The van der Waals surface area contributed by atoms with Crippen molar-refractivity contribution in [2.24, 2.45) is 11.8 Å². The third kappa shape index (κ3) is 6.55. The monoisotopic (exact) mass is 354 g/mol. The van der Waals surface area contributed by atoms with E-state index in [1.807, 2.05) is 6.92 Å². The van der Waals surface area contributed by atoms with Crippen molar-refractivity contribution in [3.05, 3.63) is 0 Å². The first kappa shape index (κ1) is 19.5. The van der Waals surface area contributed by atoms with Gasteiger partial charge in [0.05, 0.1) is 6.61 Å². The normalized spacial score (nSPS) is 19.0. The lowest BCUT2D eigenvalue weighted by atomic mass is 10.1. The van der Waals surface area contributed by atoms with E-state index in [4.69, 9.17) is 4.74 Å². The first-order valence-electron chi connectivity index (χ1n) is 9.35. The first-order chi connectivity index (χ1) is 11.9. The molecule has 2 rings (SSSR count). The van der Waals surface area contributed by atoms with Crippen LogP contribution in [0, 0.1) is 11.8 Å². The number of nitrogens with zero attached hydrogens (tertiary/aromatic N) is 1. The largest absolute Gasteiger partial charge is 0.480 e. The van der Waals surface area contributed by atoms with Gasteiger partial charge in [-0.05, 0) is 31.1 Å². The van der Waals surface area contributed by atoms with E-state index >= 15 is 0 Å². The van der Waals surface area contributed by atoms with Crippen molar-refractivity contribution >= 4 is 18.0 Å². The average Bonchev–Trinajstić information content (AvgIpc) is 3.45. The molecule has 0 bridgehead atoms. The van der Waals surface area contributed by atoms with Crippen molar-refractivity contribution in [2.45, 2.75) is 70.4 Å². The molecule has 142 valence electrons. The van der Waals surface area contributed by atoms with Gasteiger partial charge < -0.3 is 20.1 Å². The molecule has 2 saturated carbocycles. The minimum Gasteiger partial charge on any atom is -0.480 e. The Labute approximate surface area is 149 Å². The van der Waals surface area contributed by atoms with Gasteiger partial charge in [-0.1, -0.05) is 39.0 Å². The summed E-state index contributed by atoms with van der Waals surface area (Å²) in [5.41, 5.74) is 0. The smallest absolute Gasteiger partial charge is 0.407 e. The molecule has 0 spiro atoms. The Kier molecular flexibility index (Phi) is 7.08. The van der Waals surface area contributed by atoms with Crippen LogP contribution < -0.4 is 5.32 Å². The minimum absolute atomic E-state index is 0.321. The molecule has 0 aromatic rings. The van der Waals surface area contributed by atoms with Gasteiger partial charge in [-0.15, -0.1) is 0 Å². The van der Waals surface area contributed by atoms with E-state index in [0.29, 0.717) is 31.3 Å². The second-order valence-corrected chi connectivity index (χ2v) is 7.35. The van der Waals surface area contributed by atoms with Gasteiger partial charge in [0.1, 0.15) is 12.1 Å². The molecular formula is C18H30N2O5. The highest BCUT2D eigenvalue weighted by molar-refractivity contribution is 5.89. The van der Waals surface area contributed by atoms with Crippen LogP contribution in [0.1, 0.15) is 58.3 Å². The van der Waals surface area contributed by atoms with Crippen molar-refractivity contribution in [3.8, 4) is 0 Å². The molecule has 2 aliphatic carbocycles. The molecule has 0 heterocycles. The fraction of sp³-hybridized carbons (Fsp3) is 0.833. The number of carboxylic acid groups (broad SMARTS) is 1. The third-order valence-electron chi connectivity index (χ3n) is 4.94. The Morgan fingerprint density at radius 2 is 1.76 bits per heavy atom. The lowest BCUT2D eigenvalue weighted by molar-refractivity contribution is -0.150. The predicted octanol–water partition coefficient (Wildman–Crippen LogP) is 2.39. The second kappa shape index (κ2) is 9.06. The van der Waals surface area contributed by atoms with E-state index in [1.165, 1.54) is 11.9 Å². The number of ether oxygens (including phenoxy) is 1. The van der Waals surface area contributed by atoms with E-state index in [9.17, 15) is 19.5 Å². The zero-order valence-electron chi connectivity index (χ0n) is 15.2. The minimum atomic E-state index is -0.988. The van der Waals surface area contributed by atoms with Gasteiger partial charge in [-0.25, -0.2) is 9.59 Å². The molecule has 0 aromatic carbocycles. The first-order valence-corrected chi connectivity index (χ1v) is 9.35. The zero-order chi connectivity index (χ0) is 18.4. The Morgan fingerprint density at radius 1 is 1.16 bits per heavy atom. The number of rotatable bonds is 11. The van der Waals surface area contributed by atoms with Gasteiger partial charge in [-0.2, -0.15) is 0 Å². The van der Waals surface area contributed by atoms with Crippen LogP contribution in [0.15, 0.2) is 0 Å². The van der Waals surface area contributed by atoms with Crippen LogP contribution in [0.25, 0.3) is 0 Å². The molecule has 2 amide bonds. The fourth-order valence-corrected chi connectivity index (χ4v) is 2.89. The predicted molar refractivity (Wildman–Crippen MR) is 92.1 cm³/mol. The van der Waals surface area contributed by atoms with Crippen LogP contribution in [-0.2, 0) is 14.3 Å². The van der Waals surface area contributed by atoms with E-state index in [-0.39, 0.29) is 5.91 Å². The van der Waals surface area contributed by atoms with E-state index < -0.39 is 24.1 Å². The highest BCUT2D eigenvalue weighted by Crippen LogP contribution is 2.36. The number of aliphatic carboxylic acids is 1. The number of carbonyl (C=O) groups excluding carboxylic acids is 2. The Bertz CT molecular complexity index is 488. The molecule has 7 nitrogen and oxygen atoms in total. The number of likely N-dealkylation sites (N-methyl/N-ethyl adjacent to an activating group) is 1. The van der Waals surface area contributed by atoms with Crippen molar-refractivity contribution in [3.63, 3.8) is 0 Å². The van der Waals surface area contributed by atoms with Gasteiger partial charge in [0, 0.05) is 7.05 Å². The maximum atomic E-state index is 12.8. The summed E-state index contributed by atoms with van der Waals surface area (Å²) in [6.07, 6.45) is 6.26. The van der Waals surface area contributed by atoms with Gasteiger partial charge in [0.25, 0.3) is 0 Å². The molecule has 2 fully saturated rings. The van der Waals surface area contributed by atoms with Crippen LogP contribution in [0.5, 0.6) is 0 Å². The van der Waals surface area contributed by atoms with Gasteiger partial charge in [-0.3, -0.25) is 4.79 Å². The molecule has 0 unspecified atom stereocenters. The third-order valence-corrected chi connectivity index (χ3v) is 4.94. The van der Waals surface area contributed by atoms with E-state index in [0.717, 1.165) is 38.5 Å². The Morgan fingerprint density at radius 3 is 2.28 bits per heavy atom.